The van der Waals surface area contributed by atoms with Crippen molar-refractivity contribution in [2.75, 3.05) is 69.6 Å². The molecule has 0 aliphatic heterocycles. The van der Waals surface area contributed by atoms with E-state index >= 15 is 0 Å². The minimum absolute atomic E-state index is 0.216. The second kappa shape index (κ2) is 32.9. The molecule has 0 atom stereocenters. The molecule has 7 aromatic rings. The average Bonchev–Trinajstić information content (AvgIpc) is 0.830. The van der Waals surface area contributed by atoms with Crippen molar-refractivity contribution in [2.24, 2.45) is 0 Å². The Labute approximate surface area is 587 Å². The molecule has 0 saturated carbocycles. The van der Waals surface area contributed by atoms with Gasteiger partial charge in [-0.15, -0.1) is 0 Å². The molecule has 0 aliphatic carbocycles. The Balaban J connectivity index is 0.000000351. The van der Waals surface area contributed by atoms with Gasteiger partial charge in [-0.05, 0) is 0 Å². The summed E-state index contributed by atoms with van der Waals surface area (Å²) < 4.78 is 481. The Hall–Kier alpha value is -7.28. The molecule has 0 radical (unpaired) electrons. The predicted molar refractivity (Wildman–Crippen MR) is 321 cm³/mol. The van der Waals surface area contributed by atoms with Crippen molar-refractivity contribution >= 4 is 75.3 Å². The standard InChI is InChI=1S/2C27H18F18N3PSe.C6H6/c2*28-22(29,30)13-1-14(23(31,32)33)5-19(4-13)46-10-49(50,11-47-20-6-15(24(34,35)36)2-16(7-20)25(37,38)39)12-48-21-8-17(26(40,41)42)3-18(9-21)27(43,44)45;1-2-4-6-5-3-1/h2*1-9,46-48H,10-12H2;1-6H. The molecule has 0 saturated heterocycles. The van der Waals surface area contributed by atoms with Crippen molar-refractivity contribution in [3.63, 3.8) is 0 Å². The number of benzene rings is 7. The average molecular weight is 1750 g/mol. The van der Waals surface area contributed by atoms with Gasteiger partial charge in [-0.25, -0.2) is 0 Å². The molecule has 7 aromatic carbocycles. The van der Waals surface area contributed by atoms with Crippen molar-refractivity contribution < 1.29 is 158 Å². The summed E-state index contributed by atoms with van der Waals surface area (Å²) in [6, 6.07) is 13.6. The van der Waals surface area contributed by atoms with E-state index in [2.05, 4.69) is 62.1 Å². The summed E-state index contributed by atoms with van der Waals surface area (Å²) in [4.78, 5) is 0. The van der Waals surface area contributed by atoms with Crippen LogP contribution in [-0.4, -0.2) is 67.9 Å². The quantitative estimate of drug-likeness (QED) is 0.0292. The third-order valence-corrected chi connectivity index (χ3v) is 22.9. The van der Waals surface area contributed by atoms with Crippen LogP contribution in [-0.2, 0) is 74.1 Å². The Kier molecular flexibility index (Phi) is 27.7. The third-order valence-electron chi connectivity index (χ3n) is 13.6. The number of halogens is 36. The number of nitrogens with one attached hydrogen (secondary N) is 6. The first-order valence-corrected chi connectivity index (χ1v) is 37.2. The zero-order valence-corrected chi connectivity index (χ0v) is 56.6. The topological polar surface area (TPSA) is 72.2 Å². The van der Waals surface area contributed by atoms with Crippen molar-refractivity contribution in [1.82, 2.24) is 0 Å². The maximum Gasteiger partial charge on any atom is -0.0623 e. The normalized spacial score (nSPS) is 13.4. The second-order valence-electron chi connectivity index (χ2n) is 22.0. The summed E-state index contributed by atoms with van der Waals surface area (Å²) in [5.74, 6) is 0. The SMILES string of the molecule is FC(F)(F)c1cc(NCP(=[Se])(CNc2cc(C(F)(F)F)cc(C(F)(F)F)c2)CNc2cc(C(F)(F)F)cc(C(F)(F)F)c2)cc(C(F)(F)F)c1.FC(F)(F)c1cc(NCP(=[Se])(CNc2cc(C(F)(F)F)cc(C(F)(F)F)c2)CNc2cc(C(F)(F)F)cc(C(F)(F)F)c2)cc(C(F)(F)F)c1.c1ccccc1. The van der Waals surface area contributed by atoms with E-state index < -0.39 is 224 Å². The van der Waals surface area contributed by atoms with Gasteiger partial charge in [0, 0.05) is 0 Å². The van der Waals surface area contributed by atoms with E-state index in [9.17, 15) is 158 Å². The van der Waals surface area contributed by atoms with Gasteiger partial charge in [0.1, 0.15) is 0 Å². The van der Waals surface area contributed by atoms with Gasteiger partial charge in [-0.1, -0.05) is 36.4 Å². The van der Waals surface area contributed by atoms with E-state index in [0.717, 1.165) is 0 Å². The van der Waals surface area contributed by atoms with E-state index in [-0.39, 0.29) is 109 Å². The Morgan fingerprint density at radius 3 is 0.330 bits per heavy atom. The van der Waals surface area contributed by atoms with Crippen LogP contribution < -0.4 is 31.9 Å². The number of alkyl halides is 36. The molecular formula is C60H42F36N6P2Se2. The maximum atomic E-state index is 13.4. The van der Waals surface area contributed by atoms with Gasteiger partial charge >= 0.3 is 553 Å². The van der Waals surface area contributed by atoms with Crippen LogP contribution in [0, 0.1) is 0 Å². The van der Waals surface area contributed by atoms with E-state index in [1.54, 1.807) is 0 Å². The van der Waals surface area contributed by atoms with Crippen molar-refractivity contribution in [2.45, 2.75) is 74.1 Å². The fourth-order valence-corrected chi connectivity index (χ4v) is 14.4. The summed E-state index contributed by atoms with van der Waals surface area (Å²) in [5, 5.41) is 13.5. The van der Waals surface area contributed by atoms with E-state index in [4.69, 9.17) is 0 Å². The summed E-state index contributed by atoms with van der Waals surface area (Å²) in [7, 11) is 0. The largest absolute Gasteiger partial charge is 0.0623 e. The van der Waals surface area contributed by atoms with Crippen LogP contribution in [0.5, 0.6) is 0 Å². The molecule has 6 nitrogen and oxygen atoms in total. The number of rotatable bonds is 18. The smallest absolute Gasteiger partial charge is 0.0623 e. The Morgan fingerprint density at radius 2 is 0.255 bits per heavy atom. The molecule has 0 unspecified atom stereocenters. The van der Waals surface area contributed by atoms with E-state index in [1.165, 1.54) is 0 Å². The van der Waals surface area contributed by atoms with Gasteiger partial charge in [-0.2, -0.15) is 0 Å². The predicted octanol–water partition coefficient (Wildman–Crippen LogP) is 24.5. The molecule has 46 heteroatoms. The summed E-state index contributed by atoms with van der Waals surface area (Å²) >= 11 is 4.92. The fourth-order valence-electron chi connectivity index (χ4n) is 8.47. The first-order valence-electron chi connectivity index (χ1n) is 28.1. The number of anilines is 6. The minimum atomic E-state index is -5.30. The van der Waals surface area contributed by atoms with Gasteiger partial charge in [0.15, 0.2) is 0 Å². The van der Waals surface area contributed by atoms with Crippen molar-refractivity contribution in [3.05, 3.63) is 212 Å². The Morgan fingerprint density at radius 1 is 0.170 bits per heavy atom. The molecule has 586 valence electrons. The van der Waals surface area contributed by atoms with Gasteiger partial charge in [0.25, 0.3) is 0 Å². The van der Waals surface area contributed by atoms with Crippen LogP contribution in [0.15, 0.2) is 146 Å². The van der Waals surface area contributed by atoms with Gasteiger partial charge in [0.2, 0.25) is 0 Å². The minimum Gasteiger partial charge on any atom is -0.0623 e. The van der Waals surface area contributed by atoms with Crippen LogP contribution in [0.4, 0.5) is 192 Å². The summed E-state index contributed by atoms with van der Waals surface area (Å²) in [5.41, 5.74) is -33.2. The fraction of sp³-hybridized carbons (Fsp3) is 0.300. The second-order valence-corrected chi connectivity index (χ2v) is 37.9. The third kappa shape index (κ3) is 27.7. The number of hydrogen-bond donors (Lipinski definition) is 6. The molecule has 7 rings (SSSR count). The molecule has 0 fully saturated rings. The van der Waals surface area contributed by atoms with E-state index in [1.807, 2.05) is 36.4 Å². The van der Waals surface area contributed by atoms with Gasteiger partial charge in [-0.3, -0.25) is 0 Å². The van der Waals surface area contributed by atoms with Crippen LogP contribution in [0.2, 0.25) is 0 Å². The molecule has 0 aliphatic rings. The molecule has 0 bridgehead atoms. The molecule has 0 heterocycles. The first-order chi connectivity index (χ1) is 47.7. The zero-order chi connectivity index (χ0) is 80.8. The van der Waals surface area contributed by atoms with Gasteiger partial charge < -0.3 is 0 Å². The Bertz CT molecular complexity index is 3350. The first kappa shape index (κ1) is 89.3. The number of hydrogen-bond acceptors (Lipinski definition) is 6. The molecule has 0 amide bonds. The van der Waals surface area contributed by atoms with E-state index in [0.29, 0.717) is 0 Å². The van der Waals surface area contributed by atoms with Crippen LogP contribution in [0.1, 0.15) is 66.8 Å². The molecular weight excluding hydrogens is 1710 g/mol. The molecule has 6 N–H and O–H groups in total. The molecule has 106 heavy (non-hydrogen) atoms. The van der Waals surface area contributed by atoms with Crippen molar-refractivity contribution in [1.29, 1.82) is 0 Å². The van der Waals surface area contributed by atoms with Crippen LogP contribution >= 0.6 is 11.0 Å². The van der Waals surface area contributed by atoms with Gasteiger partial charge in [0.05, 0.1) is 0 Å². The van der Waals surface area contributed by atoms with Crippen LogP contribution in [0.3, 0.4) is 0 Å². The van der Waals surface area contributed by atoms with Crippen molar-refractivity contribution in [3.8, 4) is 0 Å². The maximum absolute atomic E-state index is 13.4. The monoisotopic (exact) mass is 1750 g/mol. The molecule has 0 aromatic heterocycles. The summed E-state index contributed by atoms with van der Waals surface area (Å²) in [6.07, 6.45) is -68.1. The van der Waals surface area contributed by atoms with Crippen LogP contribution in [0.25, 0.3) is 0 Å². The summed E-state index contributed by atoms with van der Waals surface area (Å²) in [6.45, 7) is 0. The molecule has 0 spiro atoms. The zero-order valence-electron chi connectivity index (χ0n) is 51.4.